The molecule has 0 saturated carbocycles. The van der Waals surface area contributed by atoms with Gasteiger partial charge in [-0.3, -0.25) is 0 Å². The predicted octanol–water partition coefficient (Wildman–Crippen LogP) is 4.06. The van der Waals surface area contributed by atoms with Gasteiger partial charge in [-0.2, -0.15) is 13.2 Å². The molecule has 0 aromatic heterocycles. The molecule has 0 fully saturated rings. The highest BCUT2D eigenvalue weighted by Crippen LogP contribution is 2.35. The molecule has 0 spiro atoms. The summed E-state index contributed by atoms with van der Waals surface area (Å²) in [7, 11) is 1.76. The number of nitrogens with two attached hydrogens (primary N) is 1. The van der Waals surface area contributed by atoms with Gasteiger partial charge in [0, 0.05) is 12.7 Å². The van der Waals surface area contributed by atoms with Crippen LogP contribution in [0.1, 0.15) is 5.56 Å². The zero-order chi connectivity index (χ0) is 14.0. The van der Waals surface area contributed by atoms with Gasteiger partial charge in [0.05, 0.1) is 16.9 Å². The van der Waals surface area contributed by atoms with Gasteiger partial charge in [0.2, 0.25) is 0 Å². The van der Waals surface area contributed by atoms with Crippen LogP contribution in [0.4, 0.5) is 30.2 Å². The Bertz CT molecular complexity index is 565. The first-order chi connectivity index (χ1) is 8.89. The van der Waals surface area contributed by atoms with Gasteiger partial charge < -0.3 is 10.6 Å². The molecular weight excluding hydrogens is 253 g/mol. The lowest BCUT2D eigenvalue weighted by molar-refractivity contribution is -0.137. The first kappa shape index (κ1) is 13.3. The molecule has 2 aromatic carbocycles. The summed E-state index contributed by atoms with van der Waals surface area (Å²) in [5.41, 5.74) is 6.47. The van der Waals surface area contributed by atoms with E-state index in [0.717, 1.165) is 17.8 Å². The van der Waals surface area contributed by atoms with Gasteiger partial charge in [-0.05, 0) is 30.3 Å². The number of para-hydroxylation sites is 1. The lowest BCUT2D eigenvalue weighted by Crippen LogP contribution is -2.13. The molecule has 0 bridgehead atoms. The third kappa shape index (κ3) is 2.81. The summed E-state index contributed by atoms with van der Waals surface area (Å²) in [5.74, 6) is 0. The van der Waals surface area contributed by atoms with Crippen LogP contribution in [0.25, 0.3) is 0 Å². The summed E-state index contributed by atoms with van der Waals surface area (Å²) in [5, 5.41) is 0. The molecule has 100 valence electrons. The zero-order valence-corrected chi connectivity index (χ0v) is 10.3. The van der Waals surface area contributed by atoms with Crippen LogP contribution in [0, 0.1) is 0 Å². The third-order valence-electron chi connectivity index (χ3n) is 2.86. The van der Waals surface area contributed by atoms with E-state index in [1.807, 2.05) is 30.3 Å². The fourth-order valence-corrected chi connectivity index (χ4v) is 1.83. The second kappa shape index (κ2) is 4.84. The third-order valence-corrected chi connectivity index (χ3v) is 2.86. The topological polar surface area (TPSA) is 29.3 Å². The number of rotatable bonds is 2. The van der Waals surface area contributed by atoms with E-state index in [2.05, 4.69) is 0 Å². The first-order valence-corrected chi connectivity index (χ1v) is 5.65. The molecule has 2 rings (SSSR count). The molecule has 2 aromatic rings. The van der Waals surface area contributed by atoms with E-state index in [1.165, 1.54) is 6.07 Å². The van der Waals surface area contributed by atoms with E-state index < -0.39 is 11.7 Å². The highest BCUT2D eigenvalue weighted by Gasteiger charge is 2.31. The fraction of sp³-hybridized carbons (Fsp3) is 0.143. The maximum absolute atomic E-state index is 12.6. The number of nitrogens with zero attached hydrogens (tertiary/aromatic N) is 1. The van der Waals surface area contributed by atoms with Crippen LogP contribution in [-0.2, 0) is 6.18 Å². The average molecular weight is 266 g/mol. The summed E-state index contributed by atoms with van der Waals surface area (Å²) in [4.78, 5) is 1.75. The highest BCUT2D eigenvalue weighted by atomic mass is 19.4. The van der Waals surface area contributed by atoms with Gasteiger partial charge in [0.15, 0.2) is 0 Å². The van der Waals surface area contributed by atoms with Gasteiger partial charge in [-0.15, -0.1) is 0 Å². The Hall–Kier alpha value is -2.17. The Labute approximate surface area is 109 Å². The van der Waals surface area contributed by atoms with E-state index in [-0.39, 0.29) is 5.69 Å². The first-order valence-electron chi connectivity index (χ1n) is 5.65. The molecule has 0 heterocycles. The predicted molar refractivity (Wildman–Crippen MR) is 70.4 cm³/mol. The van der Waals surface area contributed by atoms with E-state index in [9.17, 15) is 13.2 Å². The zero-order valence-electron chi connectivity index (χ0n) is 10.3. The molecule has 0 saturated heterocycles. The van der Waals surface area contributed by atoms with Crippen molar-refractivity contribution in [1.82, 2.24) is 0 Å². The van der Waals surface area contributed by atoms with Gasteiger partial charge in [-0.25, -0.2) is 0 Å². The Morgan fingerprint density at radius 2 is 1.63 bits per heavy atom. The highest BCUT2D eigenvalue weighted by molar-refractivity contribution is 5.75. The number of alkyl halides is 3. The van der Waals surface area contributed by atoms with E-state index >= 15 is 0 Å². The minimum atomic E-state index is -4.38. The molecule has 0 aliphatic heterocycles. The number of hydrogen-bond donors (Lipinski definition) is 1. The van der Waals surface area contributed by atoms with Crippen molar-refractivity contribution in [3.8, 4) is 0 Å². The van der Waals surface area contributed by atoms with Crippen LogP contribution in [0.3, 0.4) is 0 Å². The van der Waals surface area contributed by atoms with Gasteiger partial charge in [0.25, 0.3) is 0 Å². The molecule has 0 unspecified atom stereocenters. The molecule has 2 nitrogen and oxygen atoms in total. The number of benzene rings is 2. The van der Waals surface area contributed by atoms with Crippen LogP contribution in [0.2, 0.25) is 0 Å². The lowest BCUT2D eigenvalue weighted by Gasteiger charge is -2.22. The molecular formula is C14H13F3N2. The monoisotopic (exact) mass is 266 g/mol. The summed E-state index contributed by atoms with van der Waals surface area (Å²) in [6, 6.07) is 12.7. The maximum atomic E-state index is 12.6. The Kier molecular flexibility index (Phi) is 3.38. The SMILES string of the molecule is CN(c1ccccc1)c1ccc(C(F)(F)F)cc1N. The second-order valence-corrected chi connectivity index (χ2v) is 4.17. The number of hydrogen-bond acceptors (Lipinski definition) is 2. The molecule has 2 N–H and O–H groups in total. The molecule has 0 aliphatic rings. The normalized spacial score (nSPS) is 11.4. The van der Waals surface area contributed by atoms with Gasteiger partial charge in [-0.1, -0.05) is 18.2 Å². The van der Waals surface area contributed by atoms with E-state index in [0.29, 0.717) is 5.69 Å². The minimum absolute atomic E-state index is 0.0983. The minimum Gasteiger partial charge on any atom is -0.397 e. The van der Waals surface area contributed by atoms with Crippen molar-refractivity contribution in [2.24, 2.45) is 0 Å². The second-order valence-electron chi connectivity index (χ2n) is 4.17. The molecule has 19 heavy (non-hydrogen) atoms. The smallest absolute Gasteiger partial charge is 0.397 e. The van der Waals surface area contributed by atoms with Crippen molar-refractivity contribution in [2.75, 3.05) is 17.7 Å². The van der Waals surface area contributed by atoms with Crippen molar-refractivity contribution < 1.29 is 13.2 Å². The van der Waals surface area contributed by atoms with Crippen molar-refractivity contribution in [2.45, 2.75) is 6.18 Å². The van der Waals surface area contributed by atoms with Crippen molar-refractivity contribution in [3.05, 3.63) is 54.1 Å². The van der Waals surface area contributed by atoms with Crippen LogP contribution < -0.4 is 10.6 Å². The molecule has 0 aliphatic carbocycles. The standard InChI is InChI=1S/C14H13F3N2/c1-19(11-5-3-2-4-6-11)13-8-7-10(9-12(13)18)14(15,16)17/h2-9H,18H2,1H3. The number of anilines is 3. The van der Waals surface area contributed by atoms with Crippen molar-refractivity contribution in [1.29, 1.82) is 0 Å². The van der Waals surface area contributed by atoms with Gasteiger partial charge in [0.1, 0.15) is 0 Å². The Morgan fingerprint density at radius 3 is 2.16 bits per heavy atom. The number of nitrogen functional groups attached to an aromatic ring is 1. The van der Waals surface area contributed by atoms with Crippen LogP contribution in [-0.4, -0.2) is 7.05 Å². The molecule has 0 atom stereocenters. The van der Waals surface area contributed by atoms with Crippen LogP contribution in [0.5, 0.6) is 0 Å². The summed E-state index contributed by atoms with van der Waals surface area (Å²) in [6.07, 6.45) is -4.38. The van der Waals surface area contributed by atoms with Crippen LogP contribution >= 0.6 is 0 Å². The quantitative estimate of drug-likeness (QED) is 0.831. The van der Waals surface area contributed by atoms with Crippen LogP contribution in [0.15, 0.2) is 48.5 Å². The van der Waals surface area contributed by atoms with Crippen molar-refractivity contribution >= 4 is 17.1 Å². The molecule has 5 heteroatoms. The maximum Gasteiger partial charge on any atom is 0.416 e. The molecule has 0 amide bonds. The summed E-state index contributed by atoms with van der Waals surface area (Å²) >= 11 is 0. The number of halogens is 3. The Balaban J connectivity index is 2.37. The lowest BCUT2D eigenvalue weighted by atomic mass is 10.1. The van der Waals surface area contributed by atoms with E-state index in [4.69, 9.17) is 5.73 Å². The molecule has 0 radical (unpaired) electrons. The summed E-state index contributed by atoms with van der Waals surface area (Å²) in [6.45, 7) is 0. The van der Waals surface area contributed by atoms with Gasteiger partial charge >= 0.3 is 6.18 Å². The van der Waals surface area contributed by atoms with Crippen molar-refractivity contribution in [3.63, 3.8) is 0 Å². The Morgan fingerprint density at radius 1 is 1.00 bits per heavy atom. The fourth-order valence-electron chi connectivity index (χ4n) is 1.83. The average Bonchev–Trinajstić information content (AvgIpc) is 2.38. The largest absolute Gasteiger partial charge is 0.416 e. The van der Waals surface area contributed by atoms with E-state index in [1.54, 1.807) is 11.9 Å². The summed E-state index contributed by atoms with van der Waals surface area (Å²) < 4.78 is 37.7.